The second-order valence-corrected chi connectivity index (χ2v) is 5.56. The van der Waals surface area contributed by atoms with Crippen LogP contribution in [0.2, 0.25) is 0 Å². The van der Waals surface area contributed by atoms with Gasteiger partial charge in [0.25, 0.3) is 0 Å². The number of amides is 1. The van der Waals surface area contributed by atoms with Crippen molar-refractivity contribution in [1.82, 2.24) is 20.3 Å². The third-order valence-electron chi connectivity index (χ3n) is 3.83. The minimum Gasteiger partial charge on any atom is -0.348 e. The van der Waals surface area contributed by atoms with Crippen LogP contribution in [0.25, 0.3) is 11.0 Å². The van der Waals surface area contributed by atoms with Crippen LogP contribution in [0, 0.1) is 0 Å². The van der Waals surface area contributed by atoms with Crippen molar-refractivity contribution in [2.24, 2.45) is 0 Å². The Bertz CT molecular complexity index is 782. The second kappa shape index (κ2) is 7.05. The monoisotopic (exact) mass is 308 g/mol. The number of benzene rings is 2. The molecule has 0 saturated heterocycles. The molecule has 2 aromatic carbocycles. The number of aromatic nitrogens is 3. The fourth-order valence-corrected chi connectivity index (χ4v) is 2.71. The fourth-order valence-electron chi connectivity index (χ4n) is 2.71. The van der Waals surface area contributed by atoms with E-state index in [2.05, 4.69) is 22.6 Å². The van der Waals surface area contributed by atoms with Crippen LogP contribution in [-0.4, -0.2) is 20.9 Å². The van der Waals surface area contributed by atoms with Gasteiger partial charge in [-0.2, -0.15) is 0 Å². The first-order valence-corrected chi connectivity index (χ1v) is 7.90. The van der Waals surface area contributed by atoms with Crippen LogP contribution in [0.5, 0.6) is 0 Å². The molecule has 5 heteroatoms. The summed E-state index contributed by atoms with van der Waals surface area (Å²) in [5, 5.41) is 11.3. The summed E-state index contributed by atoms with van der Waals surface area (Å²) in [7, 11) is 0. The van der Waals surface area contributed by atoms with Gasteiger partial charge in [0.2, 0.25) is 5.91 Å². The molecule has 1 aromatic heterocycles. The van der Waals surface area contributed by atoms with Gasteiger partial charge in [-0.05, 0) is 24.1 Å². The van der Waals surface area contributed by atoms with Crippen molar-refractivity contribution in [1.29, 1.82) is 0 Å². The van der Waals surface area contributed by atoms with E-state index in [9.17, 15) is 4.79 Å². The minimum atomic E-state index is -0.0528. The average Bonchev–Trinajstić information content (AvgIpc) is 2.98. The summed E-state index contributed by atoms with van der Waals surface area (Å²) < 4.78 is 1.64. The first-order valence-electron chi connectivity index (χ1n) is 7.90. The molecule has 5 nitrogen and oxygen atoms in total. The smallest absolute Gasteiger partial charge is 0.242 e. The molecule has 0 fully saturated rings. The van der Waals surface area contributed by atoms with E-state index >= 15 is 0 Å². The highest BCUT2D eigenvalue weighted by Crippen LogP contribution is 2.18. The van der Waals surface area contributed by atoms with Gasteiger partial charge in [-0.25, -0.2) is 4.68 Å². The minimum absolute atomic E-state index is 0.0310. The highest BCUT2D eigenvalue weighted by atomic mass is 16.2. The lowest BCUT2D eigenvalue weighted by Gasteiger charge is -2.18. The van der Waals surface area contributed by atoms with Gasteiger partial charge in [-0.1, -0.05) is 61.0 Å². The molecule has 1 heterocycles. The van der Waals surface area contributed by atoms with Gasteiger partial charge < -0.3 is 5.32 Å². The van der Waals surface area contributed by atoms with Crippen molar-refractivity contribution in [2.75, 3.05) is 0 Å². The molecule has 0 unspecified atom stereocenters. The van der Waals surface area contributed by atoms with Crippen LogP contribution in [0.15, 0.2) is 54.6 Å². The van der Waals surface area contributed by atoms with Crippen molar-refractivity contribution in [2.45, 2.75) is 32.4 Å². The van der Waals surface area contributed by atoms with Gasteiger partial charge in [0, 0.05) is 0 Å². The van der Waals surface area contributed by atoms with Gasteiger partial charge in [0.15, 0.2) is 0 Å². The van der Waals surface area contributed by atoms with E-state index in [1.807, 2.05) is 54.6 Å². The fraction of sp³-hybridized carbons (Fsp3) is 0.278. The lowest BCUT2D eigenvalue weighted by Crippen LogP contribution is -2.31. The zero-order chi connectivity index (χ0) is 16.1. The van der Waals surface area contributed by atoms with Crippen molar-refractivity contribution in [3.05, 3.63) is 60.2 Å². The molecule has 1 N–H and O–H groups in total. The maximum absolute atomic E-state index is 12.4. The van der Waals surface area contributed by atoms with Gasteiger partial charge in [-0.3, -0.25) is 4.79 Å². The van der Waals surface area contributed by atoms with Gasteiger partial charge >= 0.3 is 0 Å². The molecule has 1 atom stereocenters. The maximum atomic E-state index is 12.4. The zero-order valence-electron chi connectivity index (χ0n) is 13.1. The van der Waals surface area contributed by atoms with Crippen LogP contribution in [0.4, 0.5) is 0 Å². The molecule has 3 rings (SSSR count). The summed E-state index contributed by atoms with van der Waals surface area (Å²) in [6.07, 6.45) is 1.92. The van der Waals surface area contributed by atoms with Crippen molar-refractivity contribution in [3.63, 3.8) is 0 Å². The summed E-state index contributed by atoms with van der Waals surface area (Å²) >= 11 is 0. The Morgan fingerprint density at radius 3 is 2.65 bits per heavy atom. The number of carbonyl (C=O) groups is 1. The van der Waals surface area contributed by atoms with Gasteiger partial charge in [-0.15, -0.1) is 5.10 Å². The molecule has 0 radical (unpaired) electrons. The Kier molecular flexibility index (Phi) is 4.66. The van der Waals surface area contributed by atoms with Crippen LogP contribution in [-0.2, 0) is 11.3 Å². The highest BCUT2D eigenvalue weighted by Gasteiger charge is 2.15. The SMILES string of the molecule is CCC[C@H](NC(=O)Cn1nnc2ccccc21)c1ccccc1. The van der Waals surface area contributed by atoms with E-state index in [1.54, 1.807) is 4.68 Å². The number of para-hydroxylation sites is 1. The number of hydrogen-bond donors (Lipinski definition) is 1. The van der Waals surface area contributed by atoms with Crippen LogP contribution in [0.1, 0.15) is 31.4 Å². The molecular formula is C18H20N4O. The Hall–Kier alpha value is -2.69. The molecule has 0 bridgehead atoms. The van der Waals surface area contributed by atoms with Crippen LogP contribution >= 0.6 is 0 Å². The molecule has 118 valence electrons. The maximum Gasteiger partial charge on any atom is 0.242 e. The first-order chi connectivity index (χ1) is 11.3. The third-order valence-corrected chi connectivity index (χ3v) is 3.83. The summed E-state index contributed by atoms with van der Waals surface area (Å²) in [6.45, 7) is 2.29. The number of rotatable bonds is 6. The molecule has 0 aliphatic rings. The molecule has 0 aliphatic heterocycles. The summed E-state index contributed by atoms with van der Waals surface area (Å²) in [5.41, 5.74) is 2.80. The van der Waals surface area contributed by atoms with Gasteiger partial charge in [0.1, 0.15) is 12.1 Å². The lowest BCUT2D eigenvalue weighted by atomic mass is 10.0. The first kappa shape index (κ1) is 15.2. The zero-order valence-corrected chi connectivity index (χ0v) is 13.1. The predicted molar refractivity (Wildman–Crippen MR) is 89.8 cm³/mol. The van der Waals surface area contributed by atoms with Crippen LogP contribution < -0.4 is 5.32 Å². The number of nitrogens with one attached hydrogen (secondary N) is 1. The Morgan fingerprint density at radius 1 is 1.13 bits per heavy atom. The van der Waals surface area contributed by atoms with E-state index in [0.717, 1.165) is 29.4 Å². The molecule has 3 aromatic rings. The molecule has 0 saturated carbocycles. The normalized spacial score (nSPS) is 12.2. The number of hydrogen-bond acceptors (Lipinski definition) is 3. The lowest BCUT2D eigenvalue weighted by molar-refractivity contribution is -0.122. The molecule has 0 aliphatic carbocycles. The van der Waals surface area contributed by atoms with E-state index in [-0.39, 0.29) is 18.5 Å². The topological polar surface area (TPSA) is 59.8 Å². The summed E-state index contributed by atoms with van der Waals surface area (Å²) in [6, 6.07) is 17.7. The summed E-state index contributed by atoms with van der Waals surface area (Å²) in [4.78, 5) is 12.4. The number of carbonyl (C=O) groups excluding carboxylic acids is 1. The highest BCUT2D eigenvalue weighted by molar-refractivity contribution is 5.80. The van der Waals surface area contributed by atoms with E-state index < -0.39 is 0 Å². The van der Waals surface area contributed by atoms with Crippen LogP contribution in [0.3, 0.4) is 0 Å². The van der Waals surface area contributed by atoms with Crippen molar-refractivity contribution in [3.8, 4) is 0 Å². The standard InChI is InChI=1S/C18H20N4O/c1-2-8-15(14-9-4-3-5-10-14)19-18(23)13-22-17-12-7-6-11-16(17)20-21-22/h3-7,9-12,15H,2,8,13H2,1H3,(H,19,23)/t15-/m0/s1. The van der Waals surface area contributed by atoms with E-state index in [1.165, 1.54) is 0 Å². The number of fused-ring (bicyclic) bond motifs is 1. The molecule has 1 amide bonds. The predicted octanol–water partition coefficient (Wildman–Crippen LogP) is 3.09. The van der Waals surface area contributed by atoms with Crippen molar-refractivity contribution >= 4 is 16.9 Å². The largest absolute Gasteiger partial charge is 0.348 e. The third kappa shape index (κ3) is 3.56. The quantitative estimate of drug-likeness (QED) is 0.761. The average molecular weight is 308 g/mol. The molecular weight excluding hydrogens is 288 g/mol. The second-order valence-electron chi connectivity index (χ2n) is 5.56. The Labute approximate surface area is 135 Å². The Morgan fingerprint density at radius 2 is 1.87 bits per heavy atom. The molecule has 23 heavy (non-hydrogen) atoms. The summed E-state index contributed by atoms with van der Waals surface area (Å²) in [5.74, 6) is -0.0528. The van der Waals surface area contributed by atoms with E-state index in [0.29, 0.717) is 0 Å². The Balaban J connectivity index is 1.72. The van der Waals surface area contributed by atoms with E-state index in [4.69, 9.17) is 0 Å². The van der Waals surface area contributed by atoms with Crippen molar-refractivity contribution < 1.29 is 4.79 Å². The number of nitrogens with zero attached hydrogens (tertiary/aromatic N) is 3. The van der Waals surface area contributed by atoms with Gasteiger partial charge in [0.05, 0.1) is 11.6 Å². The molecule has 0 spiro atoms.